The summed E-state index contributed by atoms with van der Waals surface area (Å²) in [4.78, 5) is 11.4. The van der Waals surface area contributed by atoms with Gasteiger partial charge in [0.2, 0.25) is 0 Å². The molecule has 12 aromatic rings. The number of hydrogen-bond donors (Lipinski definition) is 0. The van der Waals surface area contributed by atoms with Gasteiger partial charge in [-0.15, -0.1) is 0 Å². The van der Waals surface area contributed by atoms with Crippen molar-refractivity contribution in [2.24, 2.45) is 0 Å². The number of aromatic nitrogens is 2. The number of fused-ring (bicyclic) bond motifs is 6. The molecule has 2 aromatic heterocycles. The number of nitriles is 3. The van der Waals surface area contributed by atoms with Crippen LogP contribution >= 0.6 is 0 Å². The Bertz CT molecular complexity index is 4150. The third-order valence-electron chi connectivity index (χ3n) is 13.8. The predicted molar refractivity (Wildman–Crippen MR) is 295 cm³/mol. The van der Waals surface area contributed by atoms with E-state index < -0.39 is 0 Å². The van der Waals surface area contributed by atoms with Gasteiger partial charge < -0.3 is 9.13 Å². The third kappa shape index (κ3) is 7.44. The van der Waals surface area contributed by atoms with Crippen LogP contribution in [-0.4, -0.2) is 9.13 Å². The van der Waals surface area contributed by atoms with Crippen molar-refractivity contribution in [1.82, 2.24) is 9.13 Å². The summed E-state index contributed by atoms with van der Waals surface area (Å²) < 4.78 is 4.42. The first-order valence-electron chi connectivity index (χ1n) is 23.6. The minimum atomic E-state index is 0.391. The Balaban J connectivity index is 1.25. The average Bonchev–Trinajstić information content (AvgIpc) is 3.99. The molecule has 2 heterocycles. The molecule has 0 radical (unpaired) electrons. The standard InChI is InChI=1S/C66H34N8/c1-70-53-16-6-13-46(31-53)50-21-25-58-56-23-19-48(44-11-4-9-41(27-44)38-67)34-60(56)73(62(58)36-50)64-29-43(40-69)30-65(66(64)52-15-8-18-55(33-52)72-3)74-61-35-49(45-12-5-10-42(28-45)39-68)20-24-57(61)59-26-22-51(37-63(59)74)47-14-7-17-54(32-47)71-2/h4-37H. The van der Waals surface area contributed by atoms with Crippen LogP contribution in [0.4, 0.5) is 17.1 Å². The monoisotopic (exact) mass is 938 g/mol. The van der Waals surface area contributed by atoms with Gasteiger partial charge in [0.1, 0.15) is 0 Å². The molecule has 0 spiro atoms. The molecule has 12 rings (SSSR count). The Morgan fingerprint density at radius 3 is 0.932 bits per heavy atom. The molecule has 0 bridgehead atoms. The van der Waals surface area contributed by atoms with Crippen molar-refractivity contribution in [1.29, 1.82) is 15.8 Å². The molecule has 338 valence electrons. The summed E-state index contributed by atoms with van der Waals surface area (Å²) in [5, 5.41) is 34.9. The SMILES string of the molecule is [C-]#[N+]c1cccc(-c2ccc3c4ccc(-c5cccc(C#N)c5)cc4n(-c4cc(C#N)cc(-n5c6cc(-c7cccc(C#N)c7)ccc6c6ccc(-c7cccc([N+]#[C-])c7)cc65)c4-c4cccc([N+]#[C-])c4)c3c2)c1. The van der Waals surface area contributed by atoms with Gasteiger partial charge in [0.15, 0.2) is 17.1 Å². The van der Waals surface area contributed by atoms with E-state index in [1.54, 1.807) is 30.3 Å². The molecule has 8 nitrogen and oxygen atoms in total. The van der Waals surface area contributed by atoms with Crippen molar-refractivity contribution in [2.45, 2.75) is 0 Å². The van der Waals surface area contributed by atoms with Crippen LogP contribution in [0.25, 0.3) is 125 Å². The lowest BCUT2D eigenvalue weighted by Gasteiger charge is -2.21. The molecule has 0 N–H and O–H groups in total. The molecule has 10 aromatic carbocycles. The zero-order chi connectivity index (χ0) is 50.5. The summed E-state index contributed by atoms with van der Waals surface area (Å²) >= 11 is 0. The lowest BCUT2D eigenvalue weighted by Crippen LogP contribution is -2.05. The maximum absolute atomic E-state index is 11.2. The first-order chi connectivity index (χ1) is 36.4. The average molecular weight is 939 g/mol. The van der Waals surface area contributed by atoms with Gasteiger partial charge in [-0.3, -0.25) is 0 Å². The molecule has 0 aliphatic rings. The summed E-state index contributed by atoms with van der Waals surface area (Å²) in [6.45, 7) is 23.8. The normalized spacial score (nSPS) is 10.9. The molecule has 0 fully saturated rings. The largest absolute Gasteiger partial charge is 0.308 e. The second-order valence-corrected chi connectivity index (χ2v) is 18.0. The molecule has 0 aliphatic carbocycles. The molecule has 8 heteroatoms. The number of nitrogens with zero attached hydrogens (tertiary/aromatic N) is 8. The van der Waals surface area contributed by atoms with Crippen molar-refractivity contribution in [3.63, 3.8) is 0 Å². The molecule has 0 saturated carbocycles. The smallest absolute Gasteiger partial charge is 0.187 e. The summed E-state index contributed by atoms with van der Waals surface area (Å²) in [5.41, 5.74) is 16.3. The first-order valence-corrected chi connectivity index (χ1v) is 23.6. The quantitative estimate of drug-likeness (QED) is 0.149. The van der Waals surface area contributed by atoms with Gasteiger partial charge in [-0.1, -0.05) is 127 Å². The molecule has 0 atom stereocenters. The highest BCUT2D eigenvalue weighted by Gasteiger charge is 2.25. The lowest BCUT2D eigenvalue weighted by atomic mass is 9.97. The van der Waals surface area contributed by atoms with Crippen LogP contribution in [0.2, 0.25) is 0 Å². The fourth-order valence-corrected chi connectivity index (χ4v) is 10.4. The molecule has 74 heavy (non-hydrogen) atoms. The number of benzene rings is 10. The highest BCUT2D eigenvalue weighted by Crippen LogP contribution is 2.46. The van der Waals surface area contributed by atoms with Crippen molar-refractivity contribution in [3.8, 4) is 85.2 Å². The Morgan fingerprint density at radius 1 is 0.297 bits per heavy atom. The van der Waals surface area contributed by atoms with Crippen LogP contribution in [0, 0.1) is 53.7 Å². The first kappa shape index (κ1) is 44.0. The molecular weight excluding hydrogens is 905 g/mol. The Morgan fingerprint density at radius 2 is 0.595 bits per heavy atom. The van der Waals surface area contributed by atoms with Gasteiger partial charge in [0.05, 0.1) is 88.1 Å². The highest BCUT2D eigenvalue weighted by molar-refractivity contribution is 6.14. The highest BCUT2D eigenvalue weighted by atomic mass is 15.0. The van der Waals surface area contributed by atoms with Crippen LogP contribution in [0.15, 0.2) is 206 Å². The second kappa shape index (κ2) is 17.9. The zero-order valence-corrected chi connectivity index (χ0v) is 39.2. The van der Waals surface area contributed by atoms with E-state index in [1.807, 2.05) is 103 Å². The van der Waals surface area contributed by atoms with Gasteiger partial charge in [0, 0.05) is 27.1 Å². The van der Waals surface area contributed by atoms with Gasteiger partial charge in [-0.05, 0) is 129 Å². The van der Waals surface area contributed by atoms with Gasteiger partial charge >= 0.3 is 0 Å². The van der Waals surface area contributed by atoms with E-state index in [-0.39, 0.29) is 0 Å². The molecule has 0 unspecified atom stereocenters. The number of rotatable bonds is 7. The van der Waals surface area contributed by atoms with Crippen LogP contribution in [0.3, 0.4) is 0 Å². The zero-order valence-electron chi connectivity index (χ0n) is 39.2. The van der Waals surface area contributed by atoms with E-state index in [4.69, 9.17) is 19.7 Å². The van der Waals surface area contributed by atoms with Crippen molar-refractivity contribution >= 4 is 60.7 Å². The van der Waals surface area contributed by atoms with Crippen LogP contribution < -0.4 is 0 Å². The maximum Gasteiger partial charge on any atom is 0.187 e. The Labute approximate surface area is 426 Å². The van der Waals surface area contributed by atoms with Crippen LogP contribution in [-0.2, 0) is 0 Å². The summed E-state index contributed by atoms with van der Waals surface area (Å²) in [6.07, 6.45) is 0. The topological polar surface area (TPSA) is 94.3 Å². The van der Waals surface area contributed by atoms with Crippen molar-refractivity contribution in [2.75, 3.05) is 0 Å². The molecule has 0 amide bonds. The molecular formula is C66H34N8. The van der Waals surface area contributed by atoms with Crippen LogP contribution in [0.5, 0.6) is 0 Å². The minimum Gasteiger partial charge on any atom is -0.308 e. The van der Waals surface area contributed by atoms with Gasteiger partial charge in [0.25, 0.3) is 0 Å². The molecule has 0 saturated heterocycles. The maximum atomic E-state index is 11.2. The van der Waals surface area contributed by atoms with Gasteiger partial charge in [-0.2, -0.15) is 15.8 Å². The fourth-order valence-electron chi connectivity index (χ4n) is 10.4. The van der Waals surface area contributed by atoms with E-state index in [1.165, 1.54) is 0 Å². The summed E-state index contributed by atoms with van der Waals surface area (Å²) in [5.74, 6) is 0. The van der Waals surface area contributed by atoms with E-state index in [0.717, 1.165) is 99.2 Å². The summed E-state index contributed by atoms with van der Waals surface area (Å²) in [6, 6.07) is 74.0. The Hall–Kier alpha value is -11.3. The van der Waals surface area contributed by atoms with Gasteiger partial charge in [-0.25, -0.2) is 14.5 Å². The minimum absolute atomic E-state index is 0.391. The summed E-state index contributed by atoms with van der Waals surface area (Å²) in [7, 11) is 0. The second-order valence-electron chi connectivity index (χ2n) is 18.0. The van der Waals surface area contributed by atoms with Crippen molar-refractivity contribution < 1.29 is 0 Å². The van der Waals surface area contributed by atoms with E-state index >= 15 is 0 Å². The third-order valence-corrected chi connectivity index (χ3v) is 13.8. The number of hydrogen-bond acceptors (Lipinski definition) is 3. The van der Waals surface area contributed by atoms with E-state index in [9.17, 15) is 15.8 Å². The fraction of sp³-hybridized carbons (Fsp3) is 0. The molecule has 0 aliphatic heterocycles. The van der Waals surface area contributed by atoms with E-state index in [2.05, 4.69) is 115 Å². The lowest BCUT2D eigenvalue weighted by molar-refractivity contribution is 1.13. The van der Waals surface area contributed by atoms with Crippen LogP contribution in [0.1, 0.15) is 16.7 Å². The van der Waals surface area contributed by atoms with Crippen molar-refractivity contribution in [3.05, 3.63) is 257 Å². The van der Waals surface area contributed by atoms with E-state index in [0.29, 0.717) is 45.1 Å². The Kier molecular flexibility index (Phi) is 10.7. The predicted octanol–water partition coefficient (Wildman–Crippen LogP) is 17.5.